The normalized spacial score (nSPS) is 12.4. The minimum Gasteiger partial charge on any atom is -0.481 e. The van der Waals surface area contributed by atoms with E-state index in [1.54, 1.807) is 0 Å². The summed E-state index contributed by atoms with van der Waals surface area (Å²) in [4.78, 5) is 26.1. The number of thioether (sulfide) groups is 1. The van der Waals surface area contributed by atoms with Gasteiger partial charge in [-0.05, 0) is 18.1 Å². The van der Waals surface area contributed by atoms with Crippen LogP contribution in [0.4, 0.5) is 0 Å². The predicted molar refractivity (Wildman–Crippen MR) is 78.5 cm³/mol. The molecule has 2 rings (SSSR count). The van der Waals surface area contributed by atoms with E-state index >= 15 is 0 Å². The van der Waals surface area contributed by atoms with E-state index in [1.807, 2.05) is 25.1 Å². The summed E-state index contributed by atoms with van der Waals surface area (Å²) in [6.45, 7) is 2.05. The Labute approximate surface area is 123 Å². The third-order valence-electron chi connectivity index (χ3n) is 2.74. The van der Waals surface area contributed by atoms with Crippen LogP contribution in [0.5, 0.6) is 0 Å². The Morgan fingerprint density at radius 1 is 1.40 bits per heavy atom. The van der Waals surface area contributed by atoms with Crippen molar-refractivity contribution in [3.05, 3.63) is 23.8 Å². The number of aromatic nitrogens is 1. The van der Waals surface area contributed by atoms with Crippen molar-refractivity contribution in [1.29, 1.82) is 0 Å². The molecular formula is C13H13NO4S2. The van der Waals surface area contributed by atoms with E-state index < -0.39 is 23.6 Å². The number of benzene rings is 1. The third-order valence-corrected chi connectivity index (χ3v) is 5.16. The van der Waals surface area contributed by atoms with Gasteiger partial charge in [0.05, 0.1) is 16.6 Å². The average Bonchev–Trinajstić information content (AvgIpc) is 2.79. The van der Waals surface area contributed by atoms with Gasteiger partial charge in [-0.25, -0.2) is 4.98 Å². The van der Waals surface area contributed by atoms with Crippen LogP contribution in [-0.4, -0.2) is 32.4 Å². The van der Waals surface area contributed by atoms with Crippen molar-refractivity contribution in [3.8, 4) is 0 Å². The zero-order valence-corrected chi connectivity index (χ0v) is 12.3. The zero-order chi connectivity index (χ0) is 14.7. The molecule has 0 aliphatic rings. The van der Waals surface area contributed by atoms with E-state index in [0.29, 0.717) is 4.34 Å². The first-order valence-electron chi connectivity index (χ1n) is 6.01. The lowest BCUT2D eigenvalue weighted by molar-refractivity contribution is -0.142. The van der Waals surface area contributed by atoms with Crippen LogP contribution in [0.2, 0.25) is 0 Å². The molecule has 7 heteroatoms. The van der Waals surface area contributed by atoms with Gasteiger partial charge in [-0.2, -0.15) is 0 Å². The minimum absolute atomic E-state index is 0.420. The van der Waals surface area contributed by atoms with E-state index in [2.05, 4.69) is 4.98 Å². The lowest BCUT2D eigenvalue weighted by Crippen LogP contribution is -2.20. The number of carboxylic acid groups (broad SMARTS) is 2. The van der Waals surface area contributed by atoms with Crippen LogP contribution < -0.4 is 0 Å². The van der Waals surface area contributed by atoms with Crippen molar-refractivity contribution >= 4 is 45.3 Å². The van der Waals surface area contributed by atoms with E-state index in [-0.39, 0.29) is 0 Å². The number of fused-ring (bicyclic) bond motifs is 1. The van der Waals surface area contributed by atoms with Gasteiger partial charge in [-0.15, -0.1) is 11.3 Å². The van der Waals surface area contributed by atoms with Crippen LogP contribution in [-0.2, 0) is 16.0 Å². The van der Waals surface area contributed by atoms with Crippen molar-refractivity contribution in [1.82, 2.24) is 4.98 Å². The molecule has 0 radical (unpaired) electrons. The molecule has 2 aromatic rings. The molecule has 1 unspecified atom stereocenters. The monoisotopic (exact) mass is 311 g/mol. The van der Waals surface area contributed by atoms with Crippen molar-refractivity contribution in [2.75, 3.05) is 0 Å². The molecule has 20 heavy (non-hydrogen) atoms. The number of nitrogens with zero attached hydrogens (tertiary/aromatic N) is 1. The van der Waals surface area contributed by atoms with Crippen LogP contribution in [0.15, 0.2) is 22.5 Å². The minimum atomic E-state index is -1.13. The maximum atomic E-state index is 11.1. The van der Waals surface area contributed by atoms with Crippen LogP contribution >= 0.6 is 23.1 Å². The molecule has 1 atom stereocenters. The molecular weight excluding hydrogens is 298 g/mol. The van der Waals surface area contributed by atoms with Crippen LogP contribution in [0, 0.1) is 0 Å². The Balaban J connectivity index is 2.28. The molecule has 2 N–H and O–H groups in total. The summed E-state index contributed by atoms with van der Waals surface area (Å²) < 4.78 is 1.63. The summed E-state index contributed by atoms with van der Waals surface area (Å²) in [5.41, 5.74) is 1.99. The smallest absolute Gasteiger partial charge is 0.317 e. The summed E-state index contributed by atoms with van der Waals surface area (Å²) in [6.07, 6.45) is 0.456. The van der Waals surface area contributed by atoms with Gasteiger partial charge in [0.1, 0.15) is 5.25 Å². The van der Waals surface area contributed by atoms with Gasteiger partial charge in [0.15, 0.2) is 4.34 Å². The number of thiazole rings is 1. The average molecular weight is 311 g/mol. The highest BCUT2D eigenvalue weighted by atomic mass is 32.2. The molecule has 0 amide bonds. The van der Waals surface area contributed by atoms with E-state index in [0.717, 1.165) is 34.0 Å². The summed E-state index contributed by atoms with van der Waals surface area (Å²) in [7, 11) is 0. The second-order valence-electron chi connectivity index (χ2n) is 4.14. The Morgan fingerprint density at radius 2 is 2.15 bits per heavy atom. The summed E-state index contributed by atoms with van der Waals surface area (Å²) in [6, 6.07) is 5.81. The molecule has 0 spiro atoms. The van der Waals surface area contributed by atoms with E-state index in [4.69, 9.17) is 10.2 Å². The topological polar surface area (TPSA) is 87.5 Å². The quantitative estimate of drug-likeness (QED) is 0.798. The maximum absolute atomic E-state index is 11.1. The zero-order valence-electron chi connectivity index (χ0n) is 10.7. The molecule has 0 bridgehead atoms. The lowest BCUT2D eigenvalue weighted by atomic mass is 10.2. The Bertz CT molecular complexity index is 653. The summed E-state index contributed by atoms with van der Waals surface area (Å²) in [5.74, 6) is -2.26. The number of aryl methyl sites for hydroxylation is 1. The van der Waals surface area contributed by atoms with Gasteiger partial charge in [-0.1, -0.05) is 30.8 Å². The molecule has 0 fully saturated rings. The largest absolute Gasteiger partial charge is 0.481 e. The molecule has 5 nitrogen and oxygen atoms in total. The first kappa shape index (κ1) is 14.8. The van der Waals surface area contributed by atoms with Crippen molar-refractivity contribution in [3.63, 3.8) is 0 Å². The van der Waals surface area contributed by atoms with Gasteiger partial charge in [0.2, 0.25) is 0 Å². The van der Waals surface area contributed by atoms with Gasteiger partial charge in [0.25, 0.3) is 0 Å². The molecule has 106 valence electrons. The first-order valence-corrected chi connectivity index (χ1v) is 7.70. The highest BCUT2D eigenvalue weighted by Gasteiger charge is 2.24. The van der Waals surface area contributed by atoms with Gasteiger partial charge < -0.3 is 10.2 Å². The molecule has 1 aromatic heterocycles. The highest BCUT2D eigenvalue weighted by Crippen LogP contribution is 2.35. The Morgan fingerprint density at radius 3 is 2.75 bits per heavy atom. The molecule has 0 saturated carbocycles. The number of carboxylic acids is 2. The number of rotatable bonds is 6. The van der Waals surface area contributed by atoms with Gasteiger partial charge in [-0.3, -0.25) is 9.59 Å². The molecule has 0 saturated heterocycles. The van der Waals surface area contributed by atoms with Crippen molar-refractivity contribution in [2.45, 2.75) is 29.4 Å². The van der Waals surface area contributed by atoms with Crippen molar-refractivity contribution < 1.29 is 19.8 Å². The fourth-order valence-electron chi connectivity index (χ4n) is 1.77. The molecule has 0 aliphatic heterocycles. The number of hydrogen-bond acceptors (Lipinski definition) is 5. The van der Waals surface area contributed by atoms with E-state index in [9.17, 15) is 9.59 Å². The summed E-state index contributed by atoms with van der Waals surface area (Å²) >= 11 is 2.41. The maximum Gasteiger partial charge on any atom is 0.317 e. The third kappa shape index (κ3) is 3.29. The fourth-order valence-corrected chi connectivity index (χ4v) is 4.17. The molecule has 1 heterocycles. The van der Waals surface area contributed by atoms with Crippen LogP contribution in [0.1, 0.15) is 18.9 Å². The second kappa shape index (κ2) is 6.23. The molecule has 0 aliphatic carbocycles. The van der Waals surface area contributed by atoms with Gasteiger partial charge in [0, 0.05) is 0 Å². The van der Waals surface area contributed by atoms with Gasteiger partial charge >= 0.3 is 11.9 Å². The first-order chi connectivity index (χ1) is 9.51. The molecule has 1 aromatic carbocycles. The predicted octanol–water partition coefficient (Wildman–Crippen LogP) is 2.88. The highest BCUT2D eigenvalue weighted by molar-refractivity contribution is 8.02. The second-order valence-corrected chi connectivity index (χ2v) is 6.59. The standard InChI is InChI=1S/C13H13NO4S2/c1-2-7-4-3-5-8-11(7)20-13(14-8)19-9(12(17)18)6-10(15)16/h3-5,9H,2,6H2,1H3,(H,15,16)(H,17,18). The van der Waals surface area contributed by atoms with Crippen molar-refractivity contribution in [2.24, 2.45) is 0 Å². The Hall–Kier alpha value is -1.60. The van der Waals surface area contributed by atoms with Crippen LogP contribution in [0.3, 0.4) is 0 Å². The summed E-state index contributed by atoms with van der Waals surface area (Å²) in [5, 5.41) is 16.8. The SMILES string of the molecule is CCc1cccc2nc(SC(CC(=O)O)C(=O)O)sc12. The number of aliphatic carboxylic acids is 2. The van der Waals surface area contributed by atoms with Crippen LogP contribution in [0.25, 0.3) is 10.2 Å². The lowest BCUT2D eigenvalue weighted by Gasteiger charge is -2.06. The number of carbonyl (C=O) groups is 2. The number of hydrogen-bond donors (Lipinski definition) is 2. The fraction of sp³-hybridized carbons (Fsp3) is 0.308. The Kier molecular flexibility index (Phi) is 4.61. The van der Waals surface area contributed by atoms with E-state index in [1.165, 1.54) is 11.3 Å².